The van der Waals surface area contributed by atoms with E-state index in [9.17, 15) is 13.8 Å². The smallest absolute Gasteiger partial charge is 0.306 e. The summed E-state index contributed by atoms with van der Waals surface area (Å²) in [6.07, 6.45) is 4.53. The molecule has 3 rings (SSSR count). The van der Waals surface area contributed by atoms with E-state index in [1.165, 1.54) is 0 Å². The molecular formula is C20H26N2O4S. The Hall–Kier alpha value is -1.99. The van der Waals surface area contributed by atoms with Gasteiger partial charge in [0.1, 0.15) is 0 Å². The van der Waals surface area contributed by atoms with Gasteiger partial charge in [0.25, 0.3) is 5.91 Å². The van der Waals surface area contributed by atoms with Crippen molar-refractivity contribution in [1.82, 2.24) is 10.6 Å². The fraction of sp³-hybridized carbons (Fsp3) is 0.550. The molecule has 1 saturated heterocycles. The fourth-order valence-electron chi connectivity index (χ4n) is 3.98. The van der Waals surface area contributed by atoms with Crippen LogP contribution in [0.2, 0.25) is 0 Å². The molecule has 0 bridgehead atoms. The number of carboxylic acids is 1. The quantitative estimate of drug-likeness (QED) is 0.526. The number of carboxylic acid groups (broad SMARTS) is 1. The first-order valence-electron chi connectivity index (χ1n) is 9.60. The Morgan fingerprint density at radius 3 is 2.07 bits per heavy atom. The molecular weight excluding hydrogens is 364 g/mol. The van der Waals surface area contributed by atoms with E-state index in [0.717, 1.165) is 36.4 Å². The molecule has 1 aromatic carbocycles. The SMILES string of the molecule is O=S=C(c1ccc(C(=O)N[C@H]2CC[C@H](C(=O)O)CC2)cc1)C1CCNCC1. The highest BCUT2D eigenvalue weighted by Gasteiger charge is 2.27. The zero-order valence-electron chi connectivity index (χ0n) is 15.3. The predicted molar refractivity (Wildman–Crippen MR) is 105 cm³/mol. The lowest BCUT2D eigenvalue weighted by molar-refractivity contribution is -0.142. The minimum absolute atomic E-state index is 0.0295. The maximum Gasteiger partial charge on any atom is 0.306 e. The minimum Gasteiger partial charge on any atom is -0.481 e. The van der Waals surface area contributed by atoms with Crippen LogP contribution in [-0.4, -0.2) is 45.2 Å². The van der Waals surface area contributed by atoms with Crippen LogP contribution in [0, 0.1) is 11.8 Å². The van der Waals surface area contributed by atoms with Crippen molar-refractivity contribution in [1.29, 1.82) is 0 Å². The van der Waals surface area contributed by atoms with Gasteiger partial charge in [0.05, 0.1) is 22.0 Å². The number of carbonyl (C=O) groups is 2. The number of amides is 1. The first-order valence-corrected chi connectivity index (χ1v) is 10.3. The van der Waals surface area contributed by atoms with E-state index in [1.807, 2.05) is 12.1 Å². The Labute approximate surface area is 162 Å². The average molecular weight is 391 g/mol. The number of carbonyl (C=O) groups excluding carboxylic acids is 1. The van der Waals surface area contributed by atoms with Crippen molar-refractivity contribution in [3.05, 3.63) is 35.4 Å². The third-order valence-electron chi connectivity index (χ3n) is 5.64. The van der Waals surface area contributed by atoms with E-state index in [1.54, 1.807) is 12.1 Å². The number of rotatable bonds is 5. The molecule has 1 aliphatic carbocycles. The van der Waals surface area contributed by atoms with Crippen LogP contribution in [0.3, 0.4) is 0 Å². The molecule has 7 heteroatoms. The number of hydrogen-bond acceptors (Lipinski definition) is 4. The Balaban J connectivity index is 1.59. The van der Waals surface area contributed by atoms with E-state index < -0.39 is 5.97 Å². The molecule has 1 saturated carbocycles. The summed E-state index contributed by atoms with van der Waals surface area (Å²) in [4.78, 5) is 24.3. The number of benzene rings is 1. The molecule has 6 nitrogen and oxygen atoms in total. The number of piperidine rings is 1. The van der Waals surface area contributed by atoms with Crippen LogP contribution in [0.15, 0.2) is 24.3 Å². The van der Waals surface area contributed by atoms with Crippen molar-refractivity contribution in [3.8, 4) is 0 Å². The van der Waals surface area contributed by atoms with Gasteiger partial charge in [-0.3, -0.25) is 9.59 Å². The summed E-state index contributed by atoms with van der Waals surface area (Å²) in [6, 6.07) is 7.29. The zero-order chi connectivity index (χ0) is 19.2. The fourth-order valence-corrected chi connectivity index (χ4v) is 4.58. The van der Waals surface area contributed by atoms with Crippen LogP contribution < -0.4 is 10.6 Å². The lowest BCUT2D eigenvalue weighted by Gasteiger charge is -2.27. The monoisotopic (exact) mass is 390 g/mol. The van der Waals surface area contributed by atoms with Crippen LogP contribution >= 0.6 is 0 Å². The van der Waals surface area contributed by atoms with Gasteiger partial charge in [-0.25, -0.2) is 4.21 Å². The molecule has 0 aromatic heterocycles. The summed E-state index contributed by atoms with van der Waals surface area (Å²) >= 11 is 0.565. The van der Waals surface area contributed by atoms with Gasteiger partial charge in [-0.05, 0) is 75.2 Å². The van der Waals surface area contributed by atoms with Crippen molar-refractivity contribution in [2.45, 2.75) is 44.6 Å². The molecule has 2 aliphatic rings. The van der Waals surface area contributed by atoms with Gasteiger partial charge < -0.3 is 15.7 Å². The summed E-state index contributed by atoms with van der Waals surface area (Å²) < 4.78 is 11.6. The number of hydrogen-bond donors (Lipinski definition) is 3. The maximum atomic E-state index is 12.5. The van der Waals surface area contributed by atoms with Crippen LogP contribution in [0.4, 0.5) is 0 Å². The van der Waals surface area contributed by atoms with Crippen LogP contribution in [0.1, 0.15) is 54.4 Å². The lowest BCUT2D eigenvalue weighted by atomic mass is 9.86. The largest absolute Gasteiger partial charge is 0.481 e. The highest BCUT2D eigenvalue weighted by atomic mass is 32.1. The molecule has 1 aromatic rings. The van der Waals surface area contributed by atoms with Gasteiger partial charge in [0.15, 0.2) is 0 Å². The van der Waals surface area contributed by atoms with Crippen LogP contribution in [0.5, 0.6) is 0 Å². The second kappa shape index (κ2) is 9.28. The van der Waals surface area contributed by atoms with E-state index in [4.69, 9.17) is 5.11 Å². The van der Waals surface area contributed by atoms with Gasteiger partial charge in [-0.1, -0.05) is 12.1 Å². The maximum absolute atomic E-state index is 12.5. The Bertz CT molecular complexity index is 729. The van der Waals surface area contributed by atoms with Gasteiger partial charge in [-0.2, -0.15) is 0 Å². The molecule has 0 atom stereocenters. The summed E-state index contributed by atoms with van der Waals surface area (Å²) in [7, 11) is 0. The summed E-state index contributed by atoms with van der Waals surface area (Å²) in [5.74, 6) is -0.880. The minimum atomic E-state index is -0.743. The van der Waals surface area contributed by atoms with E-state index in [-0.39, 0.29) is 23.8 Å². The highest BCUT2D eigenvalue weighted by Crippen LogP contribution is 2.25. The van der Waals surface area contributed by atoms with Crippen molar-refractivity contribution in [3.63, 3.8) is 0 Å². The second-order valence-corrected chi connectivity index (χ2v) is 8.02. The Morgan fingerprint density at radius 1 is 0.926 bits per heavy atom. The van der Waals surface area contributed by atoms with Gasteiger partial charge in [0, 0.05) is 11.6 Å². The number of aliphatic carboxylic acids is 1. The van der Waals surface area contributed by atoms with Crippen molar-refractivity contribution < 1.29 is 18.9 Å². The average Bonchev–Trinajstić information content (AvgIpc) is 2.70. The predicted octanol–water partition coefficient (Wildman–Crippen LogP) is 1.79. The molecule has 2 fully saturated rings. The summed E-state index contributed by atoms with van der Waals surface area (Å²) in [5, 5.41) is 15.4. The molecule has 0 unspecified atom stereocenters. The second-order valence-electron chi connectivity index (χ2n) is 7.41. The molecule has 0 radical (unpaired) electrons. The van der Waals surface area contributed by atoms with Gasteiger partial charge in [-0.15, -0.1) is 0 Å². The zero-order valence-corrected chi connectivity index (χ0v) is 16.1. The normalized spacial score (nSPS) is 23.4. The highest BCUT2D eigenvalue weighted by molar-refractivity contribution is 7.67. The summed E-state index contributed by atoms with van der Waals surface area (Å²) in [5.41, 5.74) is 1.47. The molecule has 146 valence electrons. The van der Waals surface area contributed by atoms with E-state index in [0.29, 0.717) is 42.5 Å². The van der Waals surface area contributed by atoms with Crippen LogP contribution in [-0.2, 0) is 16.1 Å². The van der Waals surface area contributed by atoms with Gasteiger partial charge >= 0.3 is 5.97 Å². The topological polar surface area (TPSA) is 95.5 Å². The molecule has 1 amide bonds. The third-order valence-corrected chi connectivity index (χ3v) is 6.39. The Morgan fingerprint density at radius 2 is 1.52 bits per heavy atom. The van der Waals surface area contributed by atoms with Gasteiger partial charge in [0.2, 0.25) is 0 Å². The standard InChI is InChI=1S/C20H26N2O4S/c23-19(22-17-7-5-16(6-8-17)20(24)25)15-3-1-13(2-4-15)18(27-26)14-9-11-21-12-10-14/h1-4,14,16-17,21H,5-12H2,(H,22,23)(H,24,25)/t16-,17-. The molecule has 27 heavy (non-hydrogen) atoms. The Kier molecular flexibility index (Phi) is 6.79. The van der Waals surface area contributed by atoms with Crippen LogP contribution in [0.25, 0.3) is 0 Å². The van der Waals surface area contributed by atoms with Crippen molar-refractivity contribution >= 4 is 28.0 Å². The molecule has 3 N–H and O–H groups in total. The molecule has 1 heterocycles. The molecule has 0 spiro atoms. The first kappa shape index (κ1) is 19.8. The summed E-state index contributed by atoms with van der Waals surface area (Å²) in [6.45, 7) is 1.86. The van der Waals surface area contributed by atoms with Crippen molar-refractivity contribution in [2.24, 2.45) is 11.8 Å². The molecule has 1 aliphatic heterocycles. The number of nitrogens with one attached hydrogen (secondary N) is 2. The third kappa shape index (κ3) is 5.05. The van der Waals surface area contributed by atoms with E-state index >= 15 is 0 Å². The van der Waals surface area contributed by atoms with Crippen molar-refractivity contribution in [2.75, 3.05) is 13.1 Å². The first-order chi connectivity index (χ1) is 13.1. The van der Waals surface area contributed by atoms with E-state index in [2.05, 4.69) is 10.6 Å². The lowest BCUT2D eigenvalue weighted by Crippen LogP contribution is -2.38.